The summed E-state index contributed by atoms with van der Waals surface area (Å²) in [6.07, 6.45) is 6.03. The SMILES string of the molecule is O=C(Nc1cccc(-c2nnc3n2CCCCC3)c1)c1ccc(CN2CCCC2=O)cc1. The third-order valence-corrected chi connectivity index (χ3v) is 6.25. The number of hydrogen-bond acceptors (Lipinski definition) is 4. The summed E-state index contributed by atoms with van der Waals surface area (Å²) in [5, 5.41) is 11.8. The number of aryl methyl sites for hydroxylation is 1. The molecule has 0 bridgehead atoms. The van der Waals surface area contributed by atoms with Crippen molar-refractivity contribution in [2.75, 3.05) is 11.9 Å². The molecule has 0 spiro atoms. The quantitative estimate of drug-likeness (QED) is 0.664. The summed E-state index contributed by atoms with van der Waals surface area (Å²) >= 11 is 0. The molecule has 2 aromatic carbocycles. The molecule has 0 unspecified atom stereocenters. The Morgan fingerprint density at radius 3 is 2.62 bits per heavy atom. The number of rotatable bonds is 5. The number of nitrogens with one attached hydrogen (secondary N) is 1. The van der Waals surface area contributed by atoms with E-state index in [1.54, 1.807) is 0 Å². The number of benzene rings is 2. The van der Waals surface area contributed by atoms with Crippen LogP contribution in [0.5, 0.6) is 0 Å². The number of carbonyl (C=O) groups excluding carboxylic acids is 2. The van der Waals surface area contributed by atoms with Gasteiger partial charge in [0.1, 0.15) is 5.82 Å². The lowest BCUT2D eigenvalue weighted by molar-refractivity contribution is -0.128. The van der Waals surface area contributed by atoms with Gasteiger partial charge in [-0.1, -0.05) is 30.7 Å². The molecule has 1 aromatic heterocycles. The van der Waals surface area contributed by atoms with E-state index < -0.39 is 0 Å². The van der Waals surface area contributed by atoms with Gasteiger partial charge in [-0.15, -0.1) is 10.2 Å². The van der Waals surface area contributed by atoms with Gasteiger partial charge in [-0.25, -0.2) is 0 Å². The van der Waals surface area contributed by atoms with Crippen LogP contribution in [0.2, 0.25) is 0 Å². The fraction of sp³-hybridized carbons (Fsp3) is 0.360. The van der Waals surface area contributed by atoms with Crippen LogP contribution in [-0.2, 0) is 24.3 Å². The number of hydrogen-bond donors (Lipinski definition) is 1. The van der Waals surface area contributed by atoms with E-state index in [2.05, 4.69) is 20.1 Å². The zero-order valence-electron chi connectivity index (χ0n) is 18.1. The monoisotopic (exact) mass is 429 g/mol. The first-order valence-electron chi connectivity index (χ1n) is 11.4. The van der Waals surface area contributed by atoms with Crippen molar-refractivity contribution >= 4 is 17.5 Å². The first kappa shape index (κ1) is 20.4. The van der Waals surface area contributed by atoms with E-state index in [-0.39, 0.29) is 11.8 Å². The number of anilines is 1. The maximum atomic E-state index is 12.8. The molecular formula is C25H27N5O2. The number of carbonyl (C=O) groups is 2. The zero-order valence-corrected chi connectivity index (χ0v) is 18.1. The predicted octanol–water partition coefficient (Wildman–Crippen LogP) is 4.05. The second-order valence-corrected chi connectivity index (χ2v) is 8.55. The summed E-state index contributed by atoms with van der Waals surface area (Å²) in [6, 6.07) is 15.2. The van der Waals surface area contributed by atoms with E-state index in [4.69, 9.17) is 0 Å². The summed E-state index contributed by atoms with van der Waals surface area (Å²) in [5.74, 6) is 1.95. The second kappa shape index (κ2) is 8.94. The van der Waals surface area contributed by atoms with E-state index in [9.17, 15) is 9.59 Å². The Labute approximate surface area is 187 Å². The number of fused-ring (bicyclic) bond motifs is 1. The molecule has 164 valence electrons. The summed E-state index contributed by atoms with van der Waals surface area (Å²) < 4.78 is 2.21. The van der Waals surface area contributed by atoms with Gasteiger partial charge in [-0.3, -0.25) is 9.59 Å². The minimum atomic E-state index is -0.161. The maximum Gasteiger partial charge on any atom is 0.255 e. The number of nitrogens with zero attached hydrogens (tertiary/aromatic N) is 4. The van der Waals surface area contributed by atoms with Gasteiger partial charge >= 0.3 is 0 Å². The van der Waals surface area contributed by atoms with E-state index in [1.807, 2.05) is 53.4 Å². The van der Waals surface area contributed by atoms with Gasteiger partial charge in [0.2, 0.25) is 5.91 Å². The number of aromatic nitrogens is 3. The molecule has 3 aromatic rings. The van der Waals surface area contributed by atoms with Crippen LogP contribution in [0.15, 0.2) is 48.5 Å². The Balaban J connectivity index is 1.28. The predicted molar refractivity (Wildman–Crippen MR) is 122 cm³/mol. The molecule has 32 heavy (non-hydrogen) atoms. The molecule has 0 saturated carbocycles. The number of likely N-dealkylation sites (tertiary alicyclic amines) is 1. The van der Waals surface area contributed by atoms with Crippen molar-refractivity contribution in [3.63, 3.8) is 0 Å². The molecule has 0 atom stereocenters. The van der Waals surface area contributed by atoms with Crippen LogP contribution in [0, 0.1) is 0 Å². The smallest absolute Gasteiger partial charge is 0.255 e. The van der Waals surface area contributed by atoms with Crippen LogP contribution < -0.4 is 5.32 Å². The molecule has 0 aliphatic carbocycles. The van der Waals surface area contributed by atoms with E-state index in [0.29, 0.717) is 18.5 Å². The first-order chi connectivity index (χ1) is 15.7. The van der Waals surface area contributed by atoms with Crippen LogP contribution in [-0.4, -0.2) is 38.0 Å². The van der Waals surface area contributed by atoms with E-state index >= 15 is 0 Å². The number of amides is 2. The molecule has 2 aliphatic rings. The average molecular weight is 430 g/mol. The zero-order chi connectivity index (χ0) is 21.9. The Kier molecular flexibility index (Phi) is 5.71. The fourth-order valence-corrected chi connectivity index (χ4v) is 4.49. The van der Waals surface area contributed by atoms with Crippen molar-refractivity contribution in [3.05, 3.63) is 65.5 Å². The minimum Gasteiger partial charge on any atom is -0.338 e. The standard InChI is InChI=1S/C25H27N5O2/c31-23-9-5-14-29(23)17-18-10-12-19(13-11-18)25(32)26-21-7-4-6-20(16-21)24-28-27-22-8-2-1-3-15-30(22)24/h4,6-7,10-13,16H,1-3,5,8-9,14-15,17H2,(H,26,32). The largest absolute Gasteiger partial charge is 0.338 e. The molecule has 0 radical (unpaired) electrons. The fourth-order valence-electron chi connectivity index (χ4n) is 4.49. The van der Waals surface area contributed by atoms with Crippen LogP contribution in [0.4, 0.5) is 5.69 Å². The van der Waals surface area contributed by atoms with Gasteiger partial charge in [0.25, 0.3) is 5.91 Å². The van der Waals surface area contributed by atoms with Gasteiger partial charge in [0, 0.05) is 49.3 Å². The maximum absolute atomic E-state index is 12.8. The highest BCUT2D eigenvalue weighted by Crippen LogP contribution is 2.25. The molecule has 1 saturated heterocycles. The highest BCUT2D eigenvalue weighted by molar-refractivity contribution is 6.04. The molecular weight excluding hydrogens is 402 g/mol. The average Bonchev–Trinajstić information content (AvgIpc) is 3.32. The summed E-state index contributed by atoms with van der Waals surface area (Å²) in [7, 11) is 0. The molecule has 1 N–H and O–H groups in total. The normalized spacial score (nSPS) is 16.0. The molecule has 7 heteroatoms. The molecule has 1 fully saturated rings. The third kappa shape index (κ3) is 4.28. The summed E-state index contributed by atoms with van der Waals surface area (Å²) in [6.45, 7) is 2.35. The Morgan fingerprint density at radius 2 is 1.81 bits per heavy atom. The van der Waals surface area contributed by atoms with Gasteiger partial charge < -0.3 is 14.8 Å². The third-order valence-electron chi connectivity index (χ3n) is 6.25. The van der Waals surface area contributed by atoms with Crippen molar-refractivity contribution in [1.29, 1.82) is 0 Å². The van der Waals surface area contributed by atoms with Crippen molar-refractivity contribution in [2.45, 2.75) is 51.6 Å². The van der Waals surface area contributed by atoms with Gasteiger partial charge in [-0.2, -0.15) is 0 Å². The first-order valence-corrected chi connectivity index (χ1v) is 11.4. The minimum absolute atomic E-state index is 0.161. The van der Waals surface area contributed by atoms with E-state index in [1.165, 1.54) is 6.42 Å². The molecule has 2 amide bonds. The Morgan fingerprint density at radius 1 is 0.938 bits per heavy atom. The summed E-state index contributed by atoms with van der Waals surface area (Å²) in [5.41, 5.74) is 3.30. The van der Waals surface area contributed by atoms with Crippen LogP contribution >= 0.6 is 0 Å². The lowest BCUT2D eigenvalue weighted by atomic mass is 10.1. The van der Waals surface area contributed by atoms with Crippen LogP contribution in [0.1, 0.15) is 53.8 Å². The van der Waals surface area contributed by atoms with E-state index in [0.717, 1.165) is 67.2 Å². The molecule has 5 rings (SSSR count). The van der Waals surface area contributed by atoms with Crippen LogP contribution in [0.3, 0.4) is 0 Å². The summed E-state index contributed by atoms with van der Waals surface area (Å²) in [4.78, 5) is 26.5. The highest BCUT2D eigenvalue weighted by atomic mass is 16.2. The lowest BCUT2D eigenvalue weighted by Crippen LogP contribution is -2.23. The van der Waals surface area contributed by atoms with Gasteiger partial charge in [-0.05, 0) is 49.1 Å². The Hall–Kier alpha value is -3.48. The van der Waals surface area contributed by atoms with Crippen molar-refractivity contribution in [3.8, 4) is 11.4 Å². The van der Waals surface area contributed by atoms with Gasteiger partial charge in [0.05, 0.1) is 0 Å². The van der Waals surface area contributed by atoms with Crippen LogP contribution in [0.25, 0.3) is 11.4 Å². The van der Waals surface area contributed by atoms with Crippen molar-refractivity contribution in [1.82, 2.24) is 19.7 Å². The molecule has 7 nitrogen and oxygen atoms in total. The second-order valence-electron chi connectivity index (χ2n) is 8.55. The van der Waals surface area contributed by atoms with Gasteiger partial charge in [0.15, 0.2) is 5.82 Å². The highest BCUT2D eigenvalue weighted by Gasteiger charge is 2.20. The van der Waals surface area contributed by atoms with Crippen molar-refractivity contribution in [2.24, 2.45) is 0 Å². The lowest BCUT2D eigenvalue weighted by Gasteiger charge is -2.15. The Bertz CT molecular complexity index is 1140. The molecule has 3 heterocycles. The van der Waals surface area contributed by atoms with Crippen molar-refractivity contribution < 1.29 is 9.59 Å². The molecule has 2 aliphatic heterocycles. The topological polar surface area (TPSA) is 80.1 Å².